The number of aryl methyl sites for hydroxylation is 1. The maximum absolute atomic E-state index is 13.4. The monoisotopic (exact) mass is 382 g/mol. The molecule has 0 unspecified atom stereocenters. The minimum absolute atomic E-state index is 0.288. The first-order valence-corrected chi connectivity index (χ1v) is 9.25. The molecule has 5 heteroatoms. The zero-order valence-electron chi connectivity index (χ0n) is 15.9. The maximum atomic E-state index is 13.4. The summed E-state index contributed by atoms with van der Waals surface area (Å²) >= 11 is 0. The van der Waals surface area contributed by atoms with Crippen molar-refractivity contribution in [2.45, 2.75) is 6.92 Å². The van der Waals surface area contributed by atoms with Crippen LogP contribution in [0.4, 0.5) is 10.2 Å². The van der Waals surface area contributed by atoms with E-state index in [-0.39, 0.29) is 5.82 Å². The highest BCUT2D eigenvalue weighted by Gasteiger charge is 2.06. The van der Waals surface area contributed by atoms with Gasteiger partial charge in [-0.25, -0.2) is 14.4 Å². The van der Waals surface area contributed by atoms with Crippen LogP contribution >= 0.6 is 0 Å². The summed E-state index contributed by atoms with van der Waals surface area (Å²) in [5.74, 6) is 0.292. The van der Waals surface area contributed by atoms with Crippen molar-refractivity contribution in [1.29, 1.82) is 0 Å². The second kappa shape index (κ2) is 8.44. The van der Waals surface area contributed by atoms with E-state index in [2.05, 4.69) is 20.5 Å². The average molecular weight is 382 g/mol. The molecule has 4 aromatic rings. The molecule has 0 saturated heterocycles. The lowest BCUT2D eigenvalue weighted by Crippen LogP contribution is -2.04. The minimum Gasteiger partial charge on any atom is -0.259 e. The van der Waals surface area contributed by atoms with Gasteiger partial charge in [-0.1, -0.05) is 48.5 Å². The van der Waals surface area contributed by atoms with E-state index in [4.69, 9.17) is 0 Å². The van der Waals surface area contributed by atoms with E-state index >= 15 is 0 Å². The number of nitrogens with zero attached hydrogens (tertiary/aromatic N) is 3. The fourth-order valence-corrected chi connectivity index (χ4v) is 2.87. The van der Waals surface area contributed by atoms with Gasteiger partial charge in [0.15, 0.2) is 5.82 Å². The molecule has 142 valence electrons. The fraction of sp³-hybridized carbons (Fsp3) is 0.0417. The van der Waals surface area contributed by atoms with Gasteiger partial charge in [0.2, 0.25) is 0 Å². The molecule has 3 aromatic carbocycles. The summed E-state index contributed by atoms with van der Waals surface area (Å²) in [6, 6.07) is 23.8. The number of anilines is 1. The molecule has 0 spiro atoms. The molecular formula is C24H19FN4. The third-order valence-electron chi connectivity index (χ3n) is 4.40. The van der Waals surface area contributed by atoms with Crippen LogP contribution in [0.15, 0.2) is 90.0 Å². The number of aromatic nitrogens is 2. The van der Waals surface area contributed by atoms with Crippen molar-refractivity contribution < 1.29 is 4.39 Å². The first-order valence-electron chi connectivity index (χ1n) is 9.25. The molecule has 0 amide bonds. The number of halogens is 1. The number of allylic oxidation sites excluding steroid dienone is 1. The predicted octanol–water partition coefficient (Wildman–Crippen LogP) is 5.61. The molecule has 0 aliphatic carbocycles. The second-order valence-corrected chi connectivity index (χ2v) is 6.51. The molecule has 4 rings (SSSR count). The molecule has 0 bridgehead atoms. The topological polar surface area (TPSA) is 50.2 Å². The van der Waals surface area contributed by atoms with Crippen LogP contribution in [0.1, 0.15) is 16.8 Å². The Kier molecular flexibility index (Phi) is 5.38. The van der Waals surface area contributed by atoms with Gasteiger partial charge in [-0.05, 0) is 55.0 Å². The van der Waals surface area contributed by atoms with E-state index < -0.39 is 0 Å². The Morgan fingerprint density at radius 1 is 0.862 bits per heavy atom. The van der Waals surface area contributed by atoms with Gasteiger partial charge in [0.1, 0.15) is 5.82 Å². The Morgan fingerprint density at radius 2 is 1.52 bits per heavy atom. The van der Waals surface area contributed by atoms with Crippen molar-refractivity contribution in [1.82, 2.24) is 9.97 Å². The number of rotatable bonds is 5. The number of hydrogen-bond donors (Lipinski definition) is 1. The summed E-state index contributed by atoms with van der Waals surface area (Å²) in [7, 11) is 0. The van der Waals surface area contributed by atoms with Crippen LogP contribution in [0.25, 0.3) is 17.1 Å². The zero-order chi connectivity index (χ0) is 20.1. The summed E-state index contributed by atoms with van der Waals surface area (Å²) in [6.45, 7) is 1.88. The van der Waals surface area contributed by atoms with Gasteiger partial charge in [-0.3, -0.25) is 5.43 Å². The number of fused-ring (bicyclic) bond motifs is 1. The Labute approximate surface area is 168 Å². The highest BCUT2D eigenvalue weighted by atomic mass is 19.1. The molecule has 0 atom stereocenters. The smallest absolute Gasteiger partial charge is 0.168 e. The van der Waals surface area contributed by atoms with Crippen molar-refractivity contribution in [3.63, 3.8) is 0 Å². The summed E-state index contributed by atoms with van der Waals surface area (Å²) in [5.41, 5.74) is 7.89. The summed E-state index contributed by atoms with van der Waals surface area (Å²) in [6.07, 6.45) is 3.85. The van der Waals surface area contributed by atoms with Crippen molar-refractivity contribution in [3.05, 3.63) is 108 Å². The van der Waals surface area contributed by atoms with Gasteiger partial charge in [-0.2, -0.15) is 5.10 Å². The van der Waals surface area contributed by atoms with Crippen molar-refractivity contribution >= 4 is 28.6 Å². The SMILES string of the molecule is Cc1nc2ccccc2nc1N/N=C(\C=C\c1ccccc1)c1ccc(F)cc1. The van der Waals surface area contributed by atoms with Crippen molar-refractivity contribution in [2.75, 3.05) is 5.43 Å². The number of hydrogen-bond acceptors (Lipinski definition) is 4. The average Bonchev–Trinajstić information content (AvgIpc) is 2.75. The van der Waals surface area contributed by atoms with Crippen LogP contribution in [0.5, 0.6) is 0 Å². The predicted molar refractivity (Wildman–Crippen MR) is 116 cm³/mol. The maximum Gasteiger partial charge on any atom is 0.168 e. The molecule has 1 N–H and O–H groups in total. The molecule has 1 heterocycles. The third-order valence-corrected chi connectivity index (χ3v) is 4.40. The van der Waals surface area contributed by atoms with Gasteiger partial charge < -0.3 is 0 Å². The van der Waals surface area contributed by atoms with Gasteiger partial charge in [0.25, 0.3) is 0 Å². The molecule has 0 aliphatic rings. The zero-order valence-corrected chi connectivity index (χ0v) is 15.9. The second-order valence-electron chi connectivity index (χ2n) is 6.51. The van der Waals surface area contributed by atoms with Crippen LogP contribution in [-0.2, 0) is 0 Å². The summed E-state index contributed by atoms with van der Waals surface area (Å²) < 4.78 is 13.4. The molecule has 4 nitrogen and oxygen atoms in total. The standard InChI is InChI=1S/C24H19FN4/c1-17-24(27-23-10-6-5-9-22(23)26-17)29-28-21(19-12-14-20(25)15-13-19)16-11-18-7-3-2-4-8-18/h2-16H,1H3,(H,27,29)/b16-11+,28-21+. The number of benzene rings is 3. The Hall–Kier alpha value is -3.86. The molecule has 0 fully saturated rings. The molecule has 29 heavy (non-hydrogen) atoms. The summed E-state index contributed by atoms with van der Waals surface area (Å²) in [5, 5.41) is 4.53. The highest BCUT2D eigenvalue weighted by Crippen LogP contribution is 2.16. The largest absolute Gasteiger partial charge is 0.259 e. The van der Waals surface area contributed by atoms with E-state index in [1.54, 1.807) is 12.1 Å². The first kappa shape index (κ1) is 18.5. The Balaban J connectivity index is 1.68. The summed E-state index contributed by atoms with van der Waals surface area (Å²) in [4.78, 5) is 9.18. The highest BCUT2D eigenvalue weighted by molar-refractivity contribution is 6.11. The van der Waals surface area contributed by atoms with Crippen molar-refractivity contribution in [2.24, 2.45) is 5.10 Å². The molecular weight excluding hydrogens is 363 g/mol. The van der Waals surface area contributed by atoms with Crippen LogP contribution in [0.3, 0.4) is 0 Å². The van der Waals surface area contributed by atoms with Crippen LogP contribution in [-0.4, -0.2) is 15.7 Å². The van der Waals surface area contributed by atoms with E-state index in [1.165, 1.54) is 12.1 Å². The first-order chi connectivity index (χ1) is 14.2. The van der Waals surface area contributed by atoms with E-state index in [0.717, 1.165) is 27.9 Å². The lowest BCUT2D eigenvalue weighted by molar-refractivity contribution is 0.628. The fourth-order valence-electron chi connectivity index (χ4n) is 2.87. The molecule has 0 saturated carbocycles. The lowest BCUT2D eigenvalue weighted by Gasteiger charge is -2.08. The van der Waals surface area contributed by atoms with Gasteiger partial charge in [-0.15, -0.1) is 0 Å². The quantitative estimate of drug-likeness (QED) is 0.361. The van der Waals surface area contributed by atoms with Crippen LogP contribution < -0.4 is 5.43 Å². The number of para-hydroxylation sites is 2. The van der Waals surface area contributed by atoms with Gasteiger partial charge >= 0.3 is 0 Å². The van der Waals surface area contributed by atoms with Crippen LogP contribution in [0.2, 0.25) is 0 Å². The normalized spacial score (nSPS) is 11.9. The number of nitrogens with one attached hydrogen (secondary N) is 1. The van der Waals surface area contributed by atoms with Gasteiger partial charge in [0.05, 0.1) is 22.4 Å². The van der Waals surface area contributed by atoms with E-state index in [0.29, 0.717) is 11.5 Å². The van der Waals surface area contributed by atoms with Gasteiger partial charge in [0, 0.05) is 5.56 Å². The molecule has 0 aliphatic heterocycles. The third kappa shape index (κ3) is 4.52. The Morgan fingerprint density at radius 3 is 2.24 bits per heavy atom. The molecule has 0 radical (unpaired) electrons. The number of hydrazone groups is 1. The molecule has 1 aromatic heterocycles. The Bertz CT molecular complexity index is 1180. The minimum atomic E-state index is -0.288. The van der Waals surface area contributed by atoms with E-state index in [9.17, 15) is 4.39 Å². The lowest BCUT2D eigenvalue weighted by atomic mass is 10.1. The van der Waals surface area contributed by atoms with E-state index in [1.807, 2.05) is 73.7 Å². The van der Waals surface area contributed by atoms with Crippen molar-refractivity contribution in [3.8, 4) is 0 Å². The van der Waals surface area contributed by atoms with Crippen LogP contribution in [0, 0.1) is 12.7 Å².